The molecule has 5 atom stereocenters. The van der Waals surface area contributed by atoms with Gasteiger partial charge >= 0.3 is 0 Å². The standard InChI is InChI=1S/C33H35FN10/c1-41(2)27-4-3-22(29(34)26(27)14-36)16-43-28-12-24(11-21-5-7-33(28,43)13-21)42-18-32(19-42,8-9-35)44-17-23(15-40-44)30-25-6-10-37-31(25)39-20-38-30/h3-4,6,10,15,17,20-21,24,28H,5,7-8,11-13,16,18-19H2,1-2H3,(H,37,38,39). The van der Waals surface area contributed by atoms with Crippen LogP contribution in [0, 0.1) is 34.4 Å². The predicted octanol–water partition coefficient (Wildman–Crippen LogP) is 4.41. The molecule has 1 N–H and O–H groups in total. The number of aromatic nitrogens is 5. The van der Waals surface area contributed by atoms with Gasteiger partial charge in [-0.25, -0.2) is 14.4 Å². The van der Waals surface area contributed by atoms with Crippen LogP contribution in [0.25, 0.3) is 22.3 Å². The number of aromatic amines is 1. The molecular formula is C33H35FN10. The Balaban J connectivity index is 1.00. The molecule has 44 heavy (non-hydrogen) atoms. The van der Waals surface area contributed by atoms with Gasteiger partial charge in [0.05, 0.1) is 30.1 Å². The maximum Gasteiger partial charge on any atom is 0.147 e. The van der Waals surface area contributed by atoms with Crippen molar-refractivity contribution in [3.8, 4) is 23.4 Å². The van der Waals surface area contributed by atoms with Gasteiger partial charge in [0, 0.05) is 80.3 Å². The molecule has 10 nitrogen and oxygen atoms in total. The van der Waals surface area contributed by atoms with Crippen molar-refractivity contribution in [3.05, 3.63) is 60.1 Å². The van der Waals surface area contributed by atoms with E-state index in [1.54, 1.807) is 11.2 Å². The third-order valence-corrected chi connectivity index (χ3v) is 11.0. The van der Waals surface area contributed by atoms with Gasteiger partial charge in [-0.2, -0.15) is 15.6 Å². The molecule has 0 amide bonds. The molecule has 8 rings (SSSR count). The third kappa shape index (κ3) is 3.99. The van der Waals surface area contributed by atoms with Gasteiger partial charge in [0.15, 0.2) is 0 Å². The number of likely N-dealkylation sites (tertiary alicyclic amines) is 2. The van der Waals surface area contributed by atoms with Crippen molar-refractivity contribution in [3.63, 3.8) is 0 Å². The van der Waals surface area contributed by atoms with E-state index in [9.17, 15) is 10.5 Å². The monoisotopic (exact) mass is 590 g/mol. The van der Waals surface area contributed by atoms with E-state index in [4.69, 9.17) is 5.10 Å². The second-order valence-corrected chi connectivity index (χ2v) is 13.5. The minimum absolute atomic E-state index is 0.127. The summed E-state index contributed by atoms with van der Waals surface area (Å²) >= 11 is 0. The Bertz CT molecular complexity index is 1840. The molecular weight excluding hydrogens is 555 g/mol. The third-order valence-electron chi connectivity index (χ3n) is 11.0. The van der Waals surface area contributed by atoms with Gasteiger partial charge in [0.1, 0.15) is 35.0 Å². The van der Waals surface area contributed by atoms with Crippen molar-refractivity contribution >= 4 is 16.7 Å². The number of nitrogens with one attached hydrogen (secondary N) is 1. The molecule has 1 spiro atoms. The van der Waals surface area contributed by atoms with Crippen LogP contribution in [0.4, 0.5) is 10.1 Å². The Labute approximate surface area is 255 Å². The fourth-order valence-electron chi connectivity index (χ4n) is 8.73. The summed E-state index contributed by atoms with van der Waals surface area (Å²) in [4.78, 5) is 18.8. The Morgan fingerprint density at radius 1 is 1.16 bits per heavy atom. The molecule has 4 fully saturated rings. The van der Waals surface area contributed by atoms with Gasteiger partial charge < -0.3 is 9.88 Å². The highest BCUT2D eigenvalue weighted by Crippen LogP contribution is 2.61. The molecule has 224 valence electrons. The summed E-state index contributed by atoms with van der Waals surface area (Å²) in [5.41, 5.74) is 3.69. The molecule has 3 aromatic heterocycles. The smallest absolute Gasteiger partial charge is 0.147 e. The molecule has 4 aliphatic rings. The number of halogens is 1. The second-order valence-electron chi connectivity index (χ2n) is 13.5. The zero-order chi connectivity index (χ0) is 30.2. The number of nitriles is 2. The van der Waals surface area contributed by atoms with Crippen LogP contribution in [0.3, 0.4) is 0 Å². The Morgan fingerprint density at radius 2 is 2.02 bits per heavy atom. The molecule has 2 bridgehead atoms. The summed E-state index contributed by atoms with van der Waals surface area (Å²) in [7, 11) is 3.67. The van der Waals surface area contributed by atoms with E-state index >= 15 is 4.39 Å². The van der Waals surface area contributed by atoms with Gasteiger partial charge in [-0.05, 0) is 50.2 Å². The predicted molar refractivity (Wildman–Crippen MR) is 163 cm³/mol. The van der Waals surface area contributed by atoms with Crippen LogP contribution in [-0.4, -0.2) is 79.3 Å². The maximum absolute atomic E-state index is 15.5. The molecule has 2 saturated carbocycles. The van der Waals surface area contributed by atoms with E-state index in [-0.39, 0.29) is 22.5 Å². The molecule has 4 aromatic rings. The number of rotatable bonds is 7. The number of H-pyrrole nitrogens is 1. The highest BCUT2D eigenvalue weighted by Gasteiger charge is 2.67. The van der Waals surface area contributed by atoms with Gasteiger partial charge in [0.2, 0.25) is 0 Å². The summed E-state index contributed by atoms with van der Waals surface area (Å²) in [6, 6.07) is 11.1. The fourth-order valence-corrected chi connectivity index (χ4v) is 8.73. The molecule has 2 aliphatic carbocycles. The largest absolute Gasteiger partial charge is 0.377 e. The highest BCUT2D eigenvalue weighted by molar-refractivity contribution is 5.90. The number of benzene rings is 1. The Hall–Kier alpha value is -4.32. The highest BCUT2D eigenvalue weighted by atomic mass is 19.1. The normalized spacial score (nSPS) is 28.5. The van der Waals surface area contributed by atoms with Gasteiger partial charge in [-0.3, -0.25) is 14.5 Å². The molecule has 0 radical (unpaired) electrons. The number of hydrogen-bond donors (Lipinski definition) is 1. The molecule has 1 aromatic carbocycles. The molecule has 5 heterocycles. The fraction of sp³-hybridized carbons (Fsp3) is 0.485. The zero-order valence-electron chi connectivity index (χ0n) is 25.0. The first-order valence-electron chi connectivity index (χ1n) is 15.5. The van der Waals surface area contributed by atoms with E-state index in [1.807, 2.05) is 55.6 Å². The molecule has 2 aliphatic heterocycles. The lowest BCUT2D eigenvalue weighted by Crippen LogP contribution is -2.65. The lowest BCUT2D eigenvalue weighted by Gasteiger charge is -2.52. The lowest BCUT2D eigenvalue weighted by atomic mass is 9.83. The molecule has 11 heteroatoms. The van der Waals surface area contributed by atoms with Crippen LogP contribution in [-0.2, 0) is 12.1 Å². The minimum atomic E-state index is -0.385. The number of nitrogens with zero attached hydrogens (tertiary/aromatic N) is 9. The zero-order valence-corrected chi connectivity index (χ0v) is 25.0. The lowest BCUT2D eigenvalue weighted by molar-refractivity contribution is -0.0351. The minimum Gasteiger partial charge on any atom is -0.377 e. The van der Waals surface area contributed by atoms with Gasteiger partial charge in [-0.15, -0.1) is 0 Å². The van der Waals surface area contributed by atoms with Gasteiger partial charge in [-0.1, -0.05) is 6.07 Å². The first kappa shape index (κ1) is 27.2. The van der Waals surface area contributed by atoms with Crippen LogP contribution in [0.5, 0.6) is 0 Å². The molecule has 5 unspecified atom stereocenters. The van der Waals surface area contributed by atoms with Crippen molar-refractivity contribution < 1.29 is 4.39 Å². The Kier molecular flexibility index (Phi) is 6.10. The van der Waals surface area contributed by atoms with E-state index in [0.29, 0.717) is 42.2 Å². The number of anilines is 1. The summed E-state index contributed by atoms with van der Waals surface area (Å²) < 4.78 is 17.5. The SMILES string of the molecule is CN(C)c1ccc(CN2C3CC(N4CC(CC#N)(n5cc(-c6ncnc7[nH]ccc67)cn5)C4)CC4CCC32C4)c(F)c1C#N. The van der Waals surface area contributed by atoms with E-state index in [0.717, 1.165) is 41.8 Å². The van der Waals surface area contributed by atoms with Gasteiger partial charge in [0.25, 0.3) is 0 Å². The second kappa shape index (κ2) is 9.85. The maximum atomic E-state index is 15.5. The average Bonchev–Trinajstić information content (AvgIpc) is 3.51. The van der Waals surface area contributed by atoms with E-state index < -0.39 is 0 Å². The quantitative estimate of drug-likeness (QED) is 0.315. The van der Waals surface area contributed by atoms with Crippen molar-refractivity contribution in [1.29, 1.82) is 10.5 Å². The summed E-state index contributed by atoms with van der Waals surface area (Å²) in [5, 5.41) is 25.2. The van der Waals surface area contributed by atoms with E-state index in [2.05, 4.69) is 36.9 Å². The van der Waals surface area contributed by atoms with Crippen LogP contribution < -0.4 is 4.90 Å². The topological polar surface area (TPSA) is 116 Å². The number of fused-ring (bicyclic) bond motifs is 2. The average molecular weight is 591 g/mol. The summed E-state index contributed by atoms with van der Waals surface area (Å²) in [5.74, 6) is 0.277. The Morgan fingerprint density at radius 3 is 2.82 bits per heavy atom. The first-order valence-corrected chi connectivity index (χ1v) is 15.5. The summed E-state index contributed by atoms with van der Waals surface area (Å²) in [6.07, 6.45) is 13.5. The van der Waals surface area contributed by atoms with Crippen molar-refractivity contribution in [2.75, 3.05) is 32.1 Å². The first-order chi connectivity index (χ1) is 21.4. The number of hydrogen-bond acceptors (Lipinski definition) is 8. The van der Waals surface area contributed by atoms with Crippen molar-refractivity contribution in [1.82, 2.24) is 34.5 Å². The van der Waals surface area contributed by atoms with Crippen LogP contribution in [0.15, 0.2) is 43.1 Å². The van der Waals surface area contributed by atoms with Crippen LogP contribution in [0.2, 0.25) is 0 Å². The van der Waals surface area contributed by atoms with Crippen molar-refractivity contribution in [2.45, 2.75) is 68.2 Å². The molecule has 2 saturated heterocycles. The van der Waals surface area contributed by atoms with Crippen LogP contribution in [0.1, 0.15) is 49.7 Å². The van der Waals surface area contributed by atoms with Crippen molar-refractivity contribution in [2.24, 2.45) is 5.92 Å². The van der Waals surface area contributed by atoms with E-state index in [1.165, 1.54) is 25.7 Å². The summed E-state index contributed by atoms with van der Waals surface area (Å²) in [6.45, 7) is 2.12. The van der Waals surface area contributed by atoms with Crippen LogP contribution >= 0.6 is 0 Å².